The lowest BCUT2D eigenvalue weighted by Gasteiger charge is -2.06. The van der Waals surface area contributed by atoms with Crippen molar-refractivity contribution in [2.24, 2.45) is 5.92 Å². The first-order valence-electron chi connectivity index (χ1n) is 3.46. The number of hydrogen-bond donors (Lipinski definition) is 1. The van der Waals surface area contributed by atoms with Gasteiger partial charge in [-0.3, -0.25) is 9.59 Å². The Morgan fingerprint density at radius 1 is 1.55 bits per heavy atom. The van der Waals surface area contributed by atoms with E-state index in [0.717, 1.165) is 0 Å². The van der Waals surface area contributed by atoms with Crippen LogP contribution in [-0.4, -0.2) is 23.7 Å². The maximum atomic E-state index is 10.8. The molecular weight excluding hydrogens is 148 g/mol. The van der Waals surface area contributed by atoms with E-state index in [4.69, 9.17) is 5.11 Å². The molecule has 0 aromatic heterocycles. The van der Waals surface area contributed by atoms with Crippen LogP contribution in [0.5, 0.6) is 0 Å². The minimum absolute atomic E-state index is 0.168. The van der Waals surface area contributed by atoms with Gasteiger partial charge < -0.3 is 9.84 Å². The van der Waals surface area contributed by atoms with Crippen LogP contribution in [0.3, 0.4) is 0 Å². The summed E-state index contributed by atoms with van der Waals surface area (Å²) in [6, 6.07) is 0. The predicted molar refractivity (Wildman–Crippen MR) is 38.0 cm³/mol. The van der Waals surface area contributed by atoms with E-state index >= 15 is 0 Å². The molecule has 0 saturated carbocycles. The van der Waals surface area contributed by atoms with E-state index in [2.05, 4.69) is 4.74 Å². The summed E-state index contributed by atoms with van der Waals surface area (Å²) in [7, 11) is 0. The average molecular weight is 160 g/mol. The molecule has 4 heteroatoms. The van der Waals surface area contributed by atoms with Crippen LogP contribution < -0.4 is 0 Å². The smallest absolute Gasteiger partial charge is 0.309 e. The van der Waals surface area contributed by atoms with Gasteiger partial charge in [0.15, 0.2) is 0 Å². The van der Waals surface area contributed by atoms with E-state index in [1.165, 1.54) is 6.92 Å². The number of carbonyl (C=O) groups is 2. The molecule has 0 aromatic carbocycles. The molecule has 0 aliphatic carbocycles. The topological polar surface area (TPSA) is 63.6 Å². The molecule has 1 N–H and O–H groups in total. The summed E-state index contributed by atoms with van der Waals surface area (Å²) in [5, 5.41) is 8.29. The lowest BCUT2D eigenvalue weighted by molar-refractivity contribution is -0.151. The molecule has 64 valence electrons. The molecule has 4 nitrogen and oxygen atoms in total. The summed E-state index contributed by atoms with van der Waals surface area (Å²) < 4.78 is 4.60. The van der Waals surface area contributed by atoms with Gasteiger partial charge in [-0.05, 0) is 6.92 Å². The van der Waals surface area contributed by atoms with Crippen molar-refractivity contribution in [3.8, 4) is 0 Å². The summed E-state index contributed by atoms with van der Waals surface area (Å²) >= 11 is 0. The Balaban J connectivity index is 3.73. The van der Waals surface area contributed by atoms with Crippen LogP contribution in [0, 0.1) is 5.92 Å². The number of hydrogen-bond acceptors (Lipinski definition) is 3. The highest BCUT2D eigenvalue weighted by Crippen LogP contribution is 2.03. The minimum Gasteiger partial charge on any atom is -0.481 e. The Labute approximate surface area is 65.2 Å². The van der Waals surface area contributed by atoms with Crippen molar-refractivity contribution in [2.75, 3.05) is 6.61 Å². The molecule has 0 bridgehead atoms. The Morgan fingerprint density at radius 2 is 2.09 bits per heavy atom. The first-order valence-corrected chi connectivity index (χ1v) is 3.46. The molecular formula is C7H12O4. The van der Waals surface area contributed by atoms with E-state index in [1.807, 2.05) is 0 Å². The zero-order chi connectivity index (χ0) is 8.85. The highest BCUT2D eigenvalue weighted by Gasteiger charge is 2.16. The average Bonchev–Trinajstić information content (AvgIpc) is 1.86. The maximum Gasteiger partial charge on any atom is 0.309 e. The van der Waals surface area contributed by atoms with Crippen molar-refractivity contribution in [2.45, 2.75) is 20.3 Å². The van der Waals surface area contributed by atoms with Gasteiger partial charge in [-0.15, -0.1) is 0 Å². The van der Waals surface area contributed by atoms with E-state index < -0.39 is 17.9 Å². The van der Waals surface area contributed by atoms with Crippen molar-refractivity contribution in [3.63, 3.8) is 0 Å². The van der Waals surface area contributed by atoms with Gasteiger partial charge in [-0.2, -0.15) is 0 Å². The van der Waals surface area contributed by atoms with Gasteiger partial charge in [0.05, 0.1) is 18.9 Å². The van der Waals surface area contributed by atoms with Crippen molar-refractivity contribution < 1.29 is 19.4 Å². The summed E-state index contributed by atoms with van der Waals surface area (Å²) in [5.41, 5.74) is 0. The standard InChI is InChI=1S/C7H12O4/c1-3-11-7(10)5(2)4-6(8)9/h5H,3-4H2,1-2H3,(H,8,9)/t5-/m0/s1. The molecule has 11 heavy (non-hydrogen) atoms. The predicted octanol–water partition coefficient (Wildman–Crippen LogP) is 0.660. The third-order valence-electron chi connectivity index (χ3n) is 1.17. The fraction of sp³-hybridized carbons (Fsp3) is 0.714. The fourth-order valence-electron chi connectivity index (χ4n) is 0.630. The third-order valence-corrected chi connectivity index (χ3v) is 1.17. The maximum absolute atomic E-state index is 10.8. The third kappa shape index (κ3) is 4.36. The van der Waals surface area contributed by atoms with E-state index in [9.17, 15) is 9.59 Å². The fourth-order valence-corrected chi connectivity index (χ4v) is 0.630. The van der Waals surface area contributed by atoms with Crippen LogP contribution in [-0.2, 0) is 14.3 Å². The highest BCUT2D eigenvalue weighted by atomic mass is 16.5. The van der Waals surface area contributed by atoms with Gasteiger partial charge in [0.25, 0.3) is 0 Å². The first-order chi connectivity index (χ1) is 5.07. The van der Waals surface area contributed by atoms with Crippen molar-refractivity contribution in [1.82, 2.24) is 0 Å². The number of esters is 1. The summed E-state index contributed by atoms with van der Waals surface area (Å²) in [6.07, 6.45) is -0.168. The molecule has 0 fully saturated rings. The van der Waals surface area contributed by atoms with Crippen LogP contribution in [0.1, 0.15) is 20.3 Å². The molecule has 0 unspecified atom stereocenters. The largest absolute Gasteiger partial charge is 0.481 e. The van der Waals surface area contributed by atoms with Crippen molar-refractivity contribution in [1.29, 1.82) is 0 Å². The zero-order valence-electron chi connectivity index (χ0n) is 6.66. The zero-order valence-corrected chi connectivity index (χ0v) is 6.66. The van der Waals surface area contributed by atoms with Gasteiger partial charge in [-0.1, -0.05) is 6.92 Å². The monoisotopic (exact) mass is 160 g/mol. The molecule has 0 heterocycles. The molecule has 1 atom stereocenters. The number of rotatable bonds is 4. The lowest BCUT2D eigenvalue weighted by atomic mass is 10.1. The molecule has 0 amide bonds. The summed E-state index contributed by atoms with van der Waals surface area (Å²) in [6.45, 7) is 3.51. The van der Waals surface area contributed by atoms with E-state index in [1.54, 1.807) is 6.92 Å². The summed E-state index contributed by atoms with van der Waals surface area (Å²) in [4.78, 5) is 20.9. The Kier molecular flexibility index (Phi) is 4.26. The van der Waals surface area contributed by atoms with Crippen LogP contribution in [0.15, 0.2) is 0 Å². The minimum atomic E-state index is -0.981. The van der Waals surface area contributed by atoms with E-state index in [-0.39, 0.29) is 6.42 Å². The number of carbonyl (C=O) groups excluding carboxylic acids is 1. The molecule has 0 rings (SSSR count). The quantitative estimate of drug-likeness (QED) is 0.613. The van der Waals surface area contributed by atoms with E-state index in [0.29, 0.717) is 6.61 Å². The van der Waals surface area contributed by atoms with Gasteiger partial charge in [-0.25, -0.2) is 0 Å². The number of carboxylic acids is 1. The Bertz CT molecular complexity index is 153. The summed E-state index contributed by atoms with van der Waals surface area (Å²) in [5.74, 6) is -1.98. The van der Waals surface area contributed by atoms with Crippen molar-refractivity contribution in [3.05, 3.63) is 0 Å². The molecule has 0 saturated heterocycles. The molecule has 0 aliphatic rings. The first kappa shape index (κ1) is 9.94. The van der Waals surface area contributed by atoms with Gasteiger partial charge >= 0.3 is 11.9 Å². The van der Waals surface area contributed by atoms with Crippen LogP contribution in [0.2, 0.25) is 0 Å². The van der Waals surface area contributed by atoms with Crippen molar-refractivity contribution >= 4 is 11.9 Å². The number of ether oxygens (including phenoxy) is 1. The van der Waals surface area contributed by atoms with Crippen LogP contribution >= 0.6 is 0 Å². The molecule has 0 aromatic rings. The molecule has 0 spiro atoms. The second-order valence-corrected chi connectivity index (χ2v) is 2.25. The number of aliphatic carboxylic acids is 1. The van der Waals surface area contributed by atoms with Gasteiger partial charge in [0.1, 0.15) is 0 Å². The Hall–Kier alpha value is -1.06. The van der Waals surface area contributed by atoms with Crippen LogP contribution in [0.4, 0.5) is 0 Å². The molecule has 0 aliphatic heterocycles. The van der Waals surface area contributed by atoms with Gasteiger partial charge in [0.2, 0.25) is 0 Å². The second-order valence-electron chi connectivity index (χ2n) is 2.25. The highest BCUT2D eigenvalue weighted by molar-refractivity contribution is 5.78. The molecule has 0 radical (unpaired) electrons. The second kappa shape index (κ2) is 4.71. The number of carboxylic acid groups (broad SMARTS) is 1. The van der Waals surface area contributed by atoms with Gasteiger partial charge in [0, 0.05) is 0 Å². The SMILES string of the molecule is CCOC(=O)[C@@H](C)CC(=O)O. The normalized spacial score (nSPS) is 12.2. The Morgan fingerprint density at radius 3 is 2.45 bits per heavy atom. The van der Waals surface area contributed by atoms with Crippen LogP contribution in [0.25, 0.3) is 0 Å². The lowest BCUT2D eigenvalue weighted by Crippen LogP contribution is -2.17.